The number of aromatic nitrogens is 1. The van der Waals surface area contributed by atoms with Gasteiger partial charge in [0.05, 0.1) is 16.6 Å². The van der Waals surface area contributed by atoms with Crippen molar-refractivity contribution in [2.45, 2.75) is 38.5 Å². The molecule has 0 spiro atoms. The summed E-state index contributed by atoms with van der Waals surface area (Å²) in [6.07, 6.45) is 2.74. The molecule has 2 rings (SSSR count). The number of hydrogen-bond donors (Lipinski definition) is 1. The zero-order valence-electron chi connectivity index (χ0n) is 8.46. The lowest BCUT2D eigenvalue weighted by molar-refractivity contribution is -0.121. The lowest BCUT2D eigenvalue weighted by Crippen LogP contribution is -2.34. The lowest BCUT2D eigenvalue weighted by atomic mass is 9.79. The van der Waals surface area contributed by atoms with Crippen LogP contribution in [0.25, 0.3) is 0 Å². The van der Waals surface area contributed by atoms with E-state index in [0.717, 1.165) is 30.0 Å². The molecule has 2 heterocycles. The summed E-state index contributed by atoms with van der Waals surface area (Å²) in [5.74, 6) is 0.135. The van der Waals surface area contributed by atoms with Crippen molar-refractivity contribution in [1.82, 2.24) is 4.98 Å². The molecule has 0 aliphatic carbocycles. The predicted molar refractivity (Wildman–Crippen MR) is 57.6 cm³/mol. The molecule has 1 amide bonds. The number of hydrogen-bond acceptors (Lipinski definition) is 3. The van der Waals surface area contributed by atoms with E-state index in [1.54, 1.807) is 0 Å². The first kappa shape index (κ1) is 9.65. The first-order valence-electron chi connectivity index (χ1n) is 5.00. The minimum atomic E-state index is -0.343. The highest BCUT2D eigenvalue weighted by Crippen LogP contribution is 2.44. The number of carbonyl (C=O) groups excluding carboxylic acids is 1. The highest BCUT2D eigenvalue weighted by atomic mass is 32.1. The van der Waals surface area contributed by atoms with Crippen molar-refractivity contribution in [3.8, 4) is 0 Å². The molecule has 1 N–H and O–H groups in total. The molecule has 14 heavy (non-hydrogen) atoms. The number of thiazole rings is 1. The van der Waals surface area contributed by atoms with Gasteiger partial charge in [-0.3, -0.25) is 4.79 Å². The van der Waals surface area contributed by atoms with Crippen molar-refractivity contribution in [2.75, 3.05) is 5.32 Å². The topological polar surface area (TPSA) is 42.0 Å². The molecule has 1 aliphatic heterocycles. The Bertz CT molecular complexity index is 361. The SMILES string of the molecule is CCCC1(CC)C(=O)Nc2scnc21. The van der Waals surface area contributed by atoms with Crippen LogP contribution in [0.3, 0.4) is 0 Å². The van der Waals surface area contributed by atoms with E-state index >= 15 is 0 Å². The summed E-state index contributed by atoms with van der Waals surface area (Å²) >= 11 is 1.52. The summed E-state index contributed by atoms with van der Waals surface area (Å²) in [5.41, 5.74) is 2.44. The number of nitrogens with zero attached hydrogens (tertiary/aromatic N) is 1. The maximum atomic E-state index is 11.9. The van der Waals surface area contributed by atoms with Gasteiger partial charge in [-0.1, -0.05) is 20.3 Å². The van der Waals surface area contributed by atoms with Gasteiger partial charge in [0.2, 0.25) is 5.91 Å². The van der Waals surface area contributed by atoms with E-state index in [4.69, 9.17) is 0 Å². The molecule has 1 aromatic rings. The Balaban J connectivity index is 2.46. The number of fused-ring (bicyclic) bond motifs is 1. The molecule has 1 aromatic heterocycles. The van der Waals surface area contributed by atoms with Gasteiger partial charge in [-0.15, -0.1) is 11.3 Å². The van der Waals surface area contributed by atoms with Crippen molar-refractivity contribution in [2.24, 2.45) is 0 Å². The zero-order chi connectivity index (χ0) is 10.2. The van der Waals surface area contributed by atoms with E-state index in [1.807, 2.05) is 5.51 Å². The van der Waals surface area contributed by atoms with Crippen LogP contribution in [-0.2, 0) is 10.2 Å². The van der Waals surface area contributed by atoms with Crippen LogP contribution in [0, 0.1) is 0 Å². The van der Waals surface area contributed by atoms with Crippen molar-refractivity contribution >= 4 is 22.2 Å². The van der Waals surface area contributed by atoms with Crippen LogP contribution in [0.2, 0.25) is 0 Å². The predicted octanol–water partition coefficient (Wildman–Crippen LogP) is 2.54. The first-order valence-corrected chi connectivity index (χ1v) is 5.88. The monoisotopic (exact) mass is 210 g/mol. The van der Waals surface area contributed by atoms with Crippen LogP contribution in [0.4, 0.5) is 5.00 Å². The van der Waals surface area contributed by atoms with Crippen LogP contribution >= 0.6 is 11.3 Å². The Kier molecular flexibility index (Phi) is 2.31. The molecule has 76 valence electrons. The van der Waals surface area contributed by atoms with Crippen LogP contribution in [0.15, 0.2) is 5.51 Å². The van der Waals surface area contributed by atoms with Gasteiger partial charge >= 0.3 is 0 Å². The maximum Gasteiger partial charge on any atom is 0.237 e. The van der Waals surface area contributed by atoms with Crippen molar-refractivity contribution in [3.05, 3.63) is 11.2 Å². The van der Waals surface area contributed by atoms with Gasteiger partial charge in [0.1, 0.15) is 5.00 Å². The third-order valence-corrected chi connectivity index (χ3v) is 3.70. The molecule has 1 atom stereocenters. The van der Waals surface area contributed by atoms with E-state index in [-0.39, 0.29) is 11.3 Å². The minimum Gasteiger partial charge on any atom is -0.315 e. The molecule has 1 unspecified atom stereocenters. The van der Waals surface area contributed by atoms with Gasteiger partial charge < -0.3 is 5.32 Å². The van der Waals surface area contributed by atoms with E-state index in [9.17, 15) is 4.79 Å². The summed E-state index contributed by atoms with van der Waals surface area (Å²) in [5, 5.41) is 3.87. The summed E-state index contributed by atoms with van der Waals surface area (Å²) in [6, 6.07) is 0. The molecular formula is C10H14N2OS. The van der Waals surface area contributed by atoms with Crippen molar-refractivity contribution in [3.63, 3.8) is 0 Å². The molecule has 0 aromatic carbocycles. The number of anilines is 1. The van der Waals surface area contributed by atoms with E-state index in [0.29, 0.717) is 0 Å². The maximum absolute atomic E-state index is 11.9. The van der Waals surface area contributed by atoms with Gasteiger partial charge in [-0.25, -0.2) is 4.98 Å². The van der Waals surface area contributed by atoms with Gasteiger partial charge in [0.25, 0.3) is 0 Å². The fourth-order valence-corrected chi connectivity index (χ4v) is 2.94. The Morgan fingerprint density at radius 3 is 3.00 bits per heavy atom. The molecule has 3 nitrogen and oxygen atoms in total. The molecule has 0 radical (unpaired) electrons. The summed E-state index contributed by atoms with van der Waals surface area (Å²) in [4.78, 5) is 16.2. The molecular weight excluding hydrogens is 196 g/mol. The average Bonchev–Trinajstić information content (AvgIpc) is 2.70. The molecule has 0 saturated carbocycles. The first-order chi connectivity index (χ1) is 6.74. The number of carbonyl (C=O) groups is 1. The standard InChI is InChI=1S/C10H14N2OS/c1-3-5-10(4-2)7-8(12-9(10)13)14-6-11-7/h6H,3-5H2,1-2H3,(H,12,13). The second-order valence-electron chi connectivity index (χ2n) is 3.67. The summed E-state index contributed by atoms with van der Waals surface area (Å²) in [7, 11) is 0. The van der Waals surface area contributed by atoms with Crippen LogP contribution < -0.4 is 5.32 Å². The molecule has 1 aliphatic rings. The molecule has 0 saturated heterocycles. The Hall–Kier alpha value is -0.900. The molecule has 0 bridgehead atoms. The second kappa shape index (κ2) is 3.35. The van der Waals surface area contributed by atoms with Crippen molar-refractivity contribution < 1.29 is 4.79 Å². The quantitative estimate of drug-likeness (QED) is 0.833. The Morgan fingerprint density at radius 1 is 1.57 bits per heavy atom. The second-order valence-corrected chi connectivity index (χ2v) is 4.52. The normalized spacial score (nSPS) is 24.9. The number of nitrogens with one attached hydrogen (secondary N) is 1. The van der Waals surface area contributed by atoms with Crippen LogP contribution in [0.1, 0.15) is 38.8 Å². The molecule has 0 fully saturated rings. The van der Waals surface area contributed by atoms with Crippen LogP contribution in [-0.4, -0.2) is 10.9 Å². The Morgan fingerprint density at radius 2 is 2.36 bits per heavy atom. The minimum absolute atomic E-state index is 0.135. The summed E-state index contributed by atoms with van der Waals surface area (Å²) < 4.78 is 0. The van der Waals surface area contributed by atoms with Gasteiger partial charge in [-0.05, 0) is 12.8 Å². The van der Waals surface area contributed by atoms with Gasteiger partial charge in [0, 0.05) is 0 Å². The van der Waals surface area contributed by atoms with E-state index < -0.39 is 0 Å². The van der Waals surface area contributed by atoms with Crippen LogP contribution in [0.5, 0.6) is 0 Å². The van der Waals surface area contributed by atoms with Gasteiger partial charge in [0.15, 0.2) is 0 Å². The highest BCUT2D eigenvalue weighted by Gasteiger charge is 2.46. The summed E-state index contributed by atoms with van der Waals surface area (Å²) in [6.45, 7) is 4.17. The molecule has 4 heteroatoms. The highest BCUT2D eigenvalue weighted by molar-refractivity contribution is 7.14. The van der Waals surface area contributed by atoms with Gasteiger partial charge in [-0.2, -0.15) is 0 Å². The smallest absolute Gasteiger partial charge is 0.237 e. The third-order valence-electron chi connectivity index (χ3n) is 2.96. The van der Waals surface area contributed by atoms with Crippen molar-refractivity contribution in [1.29, 1.82) is 0 Å². The number of rotatable bonds is 3. The Labute approximate surface area is 87.6 Å². The average molecular weight is 210 g/mol. The van der Waals surface area contributed by atoms with E-state index in [2.05, 4.69) is 24.1 Å². The fraction of sp³-hybridized carbons (Fsp3) is 0.600. The largest absolute Gasteiger partial charge is 0.315 e. The zero-order valence-corrected chi connectivity index (χ0v) is 9.28. The van der Waals surface area contributed by atoms with E-state index in [1.165, 1.54) is 11.3 Å². The lowest BCUT2D eigenvalue weighted by Gasteiger charge is -2.23. The third kappa shape index (κ3) is 1.10. The fourth-order valence-electron chi connectivity index (χ4n) is 2.17. The number of amides is 1.